The molecule has 1 aliphatic carbocycles. The number of rotatable bonds is 4. The van der Waals surface area contributed by atoms with E-state index in [9.17, 15) is 8.42 Å². The molecule has 0 N–H and O–H groups in total. The molecule has 0 saturated heterocycles. The van der Waals surface area contributed by atoms with Crippen LogP contribution in [0.5, 0.6) is 0 Å². The molecule has 0 spiro atoms. The molecule has 0 radical (unpaired) electrons. The minimum Gasteiger partial charge on any atom is -0.216 e. The second-order valence-electron chi connectivity index (χ2n) is 2.73. The molecule has 70 valence electrons. The maximum absolute atomic E-state index is 10.7. The van der Waals surface area contributed by atoms with E-state index >= 15 is 0 Å². The van der Waals surface area contributed by atoms with Gasteiger partial charge in [-0.25, -0.2) is 4.89 Å². The number of hydrogen-bond acceptors (Lipinski definition) is 4. The standard InChI is InChI=1S/C7H12O4S/c1-2-12(8,9)11-10-7-5-3-4-6-7/h2,7H,1,3-6H2. The van der Waals surface area contributed by atoms with Crippen LogP contribution < -0.4 is 0 Å². The van der Waals surface area contributed by atoms with Gasteiger partial charge in [0.2, 0.25) is 0 Å². The van der Waals surface area contributed by atoms with Crippen molar-refractivity contribution in [2.24, 2.45) is 0 Å². The molecule has 0 aliphatic heterocycles. The Morgan fingerprint density at radius 1 is 1.33 bits per heavy atom. The predicted molar refractivity (Wildman–Crippen MR) is 43.5 cm³/mol. The first-order chi connectivity index (χ1) is 5.64. The van der Waals surface area contributed by atoms with Crippen molar-refractivity contribution in [2.75, 3.05) is 0 Å². The lowest BCUT2D eigenvalue weighted by Gasteiger charge is -2.06. The lowest BCUT2D eigenvalue weighted by atomic mass is 10.3. The summed E-state index contributed by atoms with van der Waals surface area (Å²) in [5.74, 6) is 0. The Hall–Kier alpha value is -0.390. The van der Waals surface area contributed by atoms with Crippen molar-refractivity contribution in [3.63, 3.8) is 0 Å². The van der Waals surface area contributed by atoms with E-state index in [4.69, 9.17) is 4.89 Å². The van der Waals surface area contributed by atoms with Gasteiger partial charge in [-0.05, 0) is 12.8 Å². The molecule has 1 saturated carbocycles. The highest BCUT2D eigenvalue weighted by Gasteiger charge is 2.18. The van der Waals surface area contributed by atoms with E-state index in [-0.39, 0.29) is 6.10 Å². The minimum atomic E-state index is -3.67. The quantitative estimate of drug-likeness (QED) is 0.498. The van der Waals surface area contributed by atoms with Crippen molar-refractivity contribution in [3.8, 4) is 0 Å². The van der Waals surface area contributed by atoms with Crippen LogP contribution in [0.25, 0.3) is 0 Å². The molecule has 5 heteroatoms. The van der Waals surface area contributed by atoms with E-state index in [1.807, 2.05) is 0 Å². The first-order valence-corrected chi connectivity index (χ1v) is 5.33. The molecular formula is C7H12O4S. The summed E-state index contributed by atoms with van der Waals surface area (Å²) in [6, 6.07) is 0. The third-order valence-corrected chi connectivity index (χ3v) is 2.45. The lowest BCUT2D eigenvalue weighted by molar-refractivity contribution is -0.236. The highest BCUT2D eigenvalue weighted by molar-refractivity contribution is 7.89. The molecule has 0 aromatic carbocycles. The van der Waals surface area contributed by atoms with E-state index in [0.29, 0.717) is 0 Å². The molecule has 1 rings (SSSR count). The van der Waals surface area contributed by atoms with Crippen LogP contribution >= 0.6 is 0 Å². The van der Waals surface area contributed by atoms with Crippen LogP contribution in [0, 0.1) is 0 Å². The molecule has 12 heavy (non-hydrogen) atoms. The fraction of sp³-hybridized carbons (Fsp3) is 0.714. The SMILES string of the molecule is C=CS(=O)(=O)OOC1CCCC1. The fourth-order valence-electron chi connectivity index (χ4n) is 1.12. The first kappa shape index (κ1) is 9.70. The molecule has 0 amide bonds. The van der Waals surface area contributed by atoms with Gasteiger partial charge in [-0.1, -0.05) is 19.4 Å². The minimum absolute atomic E-state index is 0.0697. The van der Waals surface area contributed by atoms with Crippen LogP contribution in [-0.2, 0) is 19.3 Å². The van der Waals surface area contributed by atoms with Gasteiger partial charge in [-0.3, -0.25) is 0 Å². The summed E-state index contributed by atoms with van der Waals surface area (Å²) in [6.07, 6.45) is 3.81. The van der Waals surface area contributed by atoms with Gasteiger partial charge in [0.25, 0.3) is 0 Å². The third kappa shape index (κ3) is 2.92. The van der Waals surface area contributed by atoms with Crippen molar-refractivity contribution in [1.82, 2.24) is 0 Å². The monoisotopic (exact) mass is 192 g/mol. The molecule has 1 fully saturated rings. The summed E-state index contributed by atoms with van der Waals surface area (Å²) in [6.45, 7) is 3.08. The van der Waals surface area contributed by atoms with Crippen molar-refractivity contribution in [2.45, 2.75) is 31.8 Å². The van der Waals surface area contributed by atoms with Gasteiger partial charge in [0, 0.05) is 0 Å². The summed E-state index contributed by atoms with van der Waals surface area (Å²) in [7, 11) is -3.67. The van der Waals surface area contributed by atoms with Crippen LogP contribution in [0.1, 0.15) is 25.7 Å². The van der Waals surface area contributed by atoms with E-state index in [1.54, 1.807) is 0 Å². The zero-order valence-corrected chi connectivity index (χ0v) is 7.55. The summed E-state index contributed by atoms with van der Waals surface area (Å²) in [5, 5.41) is 0.724. The largest absolute Gasteiger partial charge is 0.315 e. The molecule has 0 aromatic rings. The van der Waals surface area contributed by atoms with Crippen molar-refractivity contribution < 1.29 is 17.6 Å². The maximum atomic E-state index is 10.7. The van der Waals surface area contributed by atoms with Crippen molar-refractivity contribution in [1.29, 1.82) is 0 Å². The summed E-state index contributed by atoms with van der Waals surface area (Å²) < 4.78 is 25.6. The Balaban J connectivity index is 2.29. The van der Waals surface area contributed by atoms with Crippen molar-refractivity contribution in [3.05, 3.63) is 12.0 Å². The molecule has 0 heterocycles. The summed E-state index contributed by atoms with van der Waals surface area (Å²) in [5.41, 5.74) is 0. The molecular weight excluding hydrogens is 180 g/mol. The highest BCUT2D eigenvalue weighted by Crippen LogP contribution is 2.21. The topological polar surface area (TPSA) is 52.6 Å². The Labute approximate surface area is 72.2 Å². The summed E-state index contributed by atoms with van der Waals surface area (Å²) in [4.78, 5) is 4.70. The van der Waals surface area contributed by atoms with Gasteiger partial charge in [0.1, 0.15) is 0 Å². The average Bonchev–Trinajstić information content (AvgIpc) is 2.53. The molecule has 0 atom stereocenters. The fourth-order valence-corrected chi connectivity index (χ4v) is 1.40. The second kappa shape index (κ2) is 4.02. The molecule has 0 unspecified atom stereocenters. The van der Waals surface area contributed by atoms with Crippen LogP contribution in [0.15, 0.2) is 12.0 Å². The third-order valence-electron chi connectivity index (χ3n) is 1.78. The van der Waals surface area contributed by atoms with E-state index in [0.717, 1.165) is 31.1 Å². The van der Waals surface area contributed by atoms with Crippen LogP contribution in [0.3, 0.4) is 0 Å². The summed E-state index contributed by atoms with van der Waals surface area (Å²) >= 11 is 0. The lowest BCUT2D eigenvalue weighted by Crippen LogP contribution is -2.11. The Morgan fingerprint density at radius 3 is 2.42 bits per heavy atom. The molecule has 4 nitrogen and oxygen atoms in total. The smallest absolute Gasteiger partial charge is 0.216 e. The van der Waals surface area contributed by atoms with Crippen molar-refractivity contribution >= 4 is 10.1 Å². The van der Waals surface area contributed by atoms with E-state index in [1.165, 1.54) is 0 Å². The Morgan fingerprint density at radius 2 is 1.92 bits per heavy atom. The first-order valence-electron chi connectivity index (χ1n) is 3.86. The zero-order chi connectivity index (χ0) is 9.03. The van der Waals surface area contributed by atoms with Gasteiger partial charge < -0.3 is 0 Å². The second-order valence-corrected chi connectivity index (χ2v) is 4.19. The van der Waals surface area contributed by atoms with E-state index < -0.39 is 10.1 Å². The predicted octanol–water partition coefficient (Wildman–Crippen LogP) is 1.35. The van der Waals surface area contributed by atoms with Gasteiger partial charge in [0.05, 0.1) is 11.5 Å². The zero-order valence-electron chi connectivity index (χ0n) is 6.73. The normalized spacial score (nSPS) is 19.7. The van der Waals surface area contributed by atoms with Gasteiger partial charge in [-0.15, -0.1) is 4.33 Å². The van der Waals surface area contributed by atoms with Gasteiger partial charge in [0.15, 0.2) is 0 Å². The Bertz CT molecular complexity index is 238. The average molecular weight is 192 g/mol. The molecule has 1 aliphatic rings. The maximum Gasteiger partial charge on any atom is 0.315 e. The number of hydrogen-bond donors (Lipinski definition) is 0. The van der Waals surface area contributed by atoms with Gasteiger partial charge >= 0.3 is 10.1 Å². The van der Waals surface area contributed by atoms with E-state index in [2.05, 4.69) is 10.9 Å². The Kier molecular flexibility index (Phi) is 3.25. The molecule has 0 aromatic heterocycles. The highest BCUT2D eigenvalue weighted by atomic mass is 32.2. The van der Waals surface area contributed by atoms with Crippen LogP contribution in [-0.4, -0.2) is 14.5 Å². The van der Waals surface area contributed by atoms with Crippen LogP contribution in [0.4, 0.5) is 0 Å². The van der Waals surface area contributed by atoms with Gasteiger partial charge in [-0.2, -0.15) is 8.42 Å². The molecule has 0 bridgehead atoms. The van der Waals surface area contributed by atoms with Crippen LogP contribution in [0.2, 0.25) is 0 Å².